The number of carboxylic acids is 1. The van der Waals surface area contributed by atoms with Crippen molar-refractivity contribution < 1.29 is 63.9 Å². The first-order valence-corrected chi connectivity index (χ1v) is 13.0. The van der Waals surface area contributed by atoms with E-state index in [-0.39, 0.29) is 12.2 Å². The van der Waals surface area contributed by atoms with E-state index in [4.69, 9.17) is 28.8 Å². The van der Waals surface area contributed by atoms with Gasteiger partial charge in [-0.2, -0.15) is 0 Å². The number of ether oxygens (including phenoxy) is 5. The Bertz CT molecular complexity index is 861. The molecule has 39 heavy (non-hydrogen) atoms. The van der Waals surface area contributed by atoms with Crippen LogP contribution in [0.3, 0.4) is 0 Å². The second-order valence-corrected chi connectivity index (χ2v) is 10.1. The summed E-state index contributed by atoms with van der Waals surface area (Å²) < 4.78 is 28.5. The van der Waals surface area contributed by atoms with Crippen molar-refractivity contribution in [2.75, 3.05) is 13.2 Å². The summed E-state index contributed by atoms with van der Waals surface area (Å²) in [5, 5.41) is 60.4. The van der Waals surface area contributed by atoms with Gasteiger partial charge in [-0.25, -0.2) is 4.79 Å². The van der Waals surface area contributed by atoms with E-state index in [9.17, 15) is 35.1 Å². The van der Waals surface area contributed by atoms with Gasteiger partial charge in [0.05, 0.1) is 24.7 Å². The fraction of sp³-hybridized carbons (Fsp3) is 0.769. The standard InChI is InChI=1S/C26H42O13/c1-6-13(3)23(34)36-16-12-35-24(39-26(5,7-2)10-8-9-14(4)22(32)33)20(31)21(16)38-25-19(30)18(29)17(28)15(11-27)37-25/h7,9,13,15-21,24-25,27-31H,2,6,8,10-12H2,1,3-5H3,(H,32,33)/b14-9+. The number of aliphatic hydroxyl groups excluding tert-OH is 5. The van der Waals surface area contributed by atoms with Gasteiger partial charge in [0, 0.05) is 5.57 Å². The molecule has 2 fully saturated rings. The molecule has 0 aromatic carbocycles. The van der Waals surface area contributed by atoms with Crippen LogP contribution in [0.2, 0.25) is 0 Å². The van der Waals surface area contributed by atoms with E-state index in [1.165, 1.54) is 19.1 Å². The molecule has 13 nitrogen and oxygen atoms in total. The molecular formula is C26H42O13. The zero-order valence-corrected chi connectivity index (χ0v) is 22.7. The van der Waals surface area contributed by atoms with E-state index in [2.05, 4.69) is 6.58 Å². The number of aliphatic carboxylic acids is 1. The molecule has 0 aliphatic carbocycles. The van der Waals surface area contributed by atoms with Crippen molar-refractivity contribution in [2.45, 2.75) is 108 Å². The van der Waals surface area contributed by atoms with Gasteiger partial charge in [0.25, 0.3) is 0 Å². The van der Waals surface area contributed by atoms with Gasteiger partial charge in [-0.1, -0.05) is 26.0 Å². The van der Waals surface area contributed by atoms with Crippen LogP contribution in [0.15, 0.2) is 24.3 Å². The highest BCUT2D eigenvalue weighted by Crippen LogP contribution is 2.32. The minimum Gasteiger partial charge on any atom is -0.478 e. The Labute approximate surface area is 227 Å². The zero-order valence-electron chi connectivity index (χ0n) is 22.7. The second-order valence-electron chi connectivity index (χ2n) is 10.1. The molecule has 2 aliphatic rings. The van der Waals surface area contributed by atoms with E-state index in [0.717, 1.165) is 0 Å². The Morgan fingerprint density at radius 2 is 1.79 bits per heavy atom. The van der Waals surface area contributed by atoms with E-state index in [1.807, 2.05) is 0 Å². The Kier molecular flexibility index (Phi) is 12.5. The second kappa shape index (κ2) is 14.6. The minimum absolute atomic E-state index is 0.161. The van der Waals surface area contributed by atoms with Crippen LogP contribution in [-0.4, -0.2) is 117 Å². The van der Waals surface area contributed by atoms with Crippen molar-refractivity contribution >= 4 is 11.9 Å². The van der Waals surface area contributed by atoms with Crippen LogP contribution in [0.5, 0.6) is 0 Å². The summed E-state index contributed by atoms with van der Waals surface area (Å²) in [6.07, 6.45) is -9.32. The average molecular weight is 563 g/mol. The lowest BCUT2D eigenvalue weighted by atomic mass is 9.97. The van der Waals surface area contributed by atoms with Crippen LogP contribution in [0.25, 0.3) is 0 Å². The maximum absolute atomic E-state index is 12.5. The minimum atomic E-state index is -1.76. The number of rotatable bonds is 13. The van der Waals surface area contributed by atoms with Crippen LogP contribution in [0.4, 0.5) is 0 Å². The molecule has 0 aromatic heterocycles. The molecule has 0 radical (unpaired) electrons. The number of hydrogen-bond donors (Lipinski definition) is 6. The molecule has 224 valence electrons. The fourth-order valence-electron chi connectivity index (χ4n) is 4.03. The molecule has 6 N–H and O–H groups in total. The normalized spacial score (nSPS) is 36.0. The summed E-state index contributed by atoms with van der Waals surface area (Å²) in [7, 11) is 0. The molecule has 11 unspecified atom stereocenters. The molecule has 11 atom stereocenters. The van der Waals surface area contributed by atoms with Crippen molar-refractivity contribution in [3.63, 3.8) is 0 Å². The lowest BCUT2D eigenvalue weighted by Gasteiger charge is -2.45. The smallest absolute Gasteiger partial charge is 0.330 e. The Morgan fingerprint density at radius 1 is 1.13 bits per heavy atom. The molecule has 2 aliphatic heterocycles. The zero-order chi connectivity index (χ0) is 29.5. The van der Waals surface area contributed by atoms with E-state index < -0.39 is 85.4 Å². The van der Waals surface area contributed by atoms with Crippen molar-refractivity contribution in [3.8, 4) is 0 Å². The number of carboxylic acid groups (broad SMARTS) is 1. The summed E-state index contributed by atoms with van der Waals surface area (Å²) >= 11 is 0. The number of esters is 1. The van der Waals surface area contributed by atoms with Crippen molar-refractivity contribution in [1.82, 2.24) is 0 Å². The predicted molar refractivity (Wildman–Crippen MR) is 134 cm³/mol. The van der Waals surface area contributed by atoms with Gasteiger partial charge in [0.15, 0.2) is 18.7 Å². The van der Waals surface area contributed by atoms with Crippen LogP contribution in [-0.2, 0) is 33.3 Å². The van der Waals surface area contributed by atoms with E-state index >= 15 is 0 Å². The van der Waals surface area contributed by atoms with Crippen molar-refractivity contribution in [1.29, 1.82) is 0 Å². The Balaban J connectivity index is 2.25. The first-order chi connectivity index (χ1) is 18.3. The van der Waals surface area contributed by atoms with Gasteiger partial charge < -0.3 is 54.3 Å². The molecule has 0 bridgehead atoms. The Hall–Kier alpha value is -1.94. The fourth-order valence-corrected chi connectivity index (χ4v) is 4.03. The quantitative estimate of drug-likeness (QED) is 0.0964. The maximum Gasteiger partial charge on any atom is 0.330 e. The molecule has 0 amide bonds. The lowest BCUT2D eigenvalue weighted by molar-refractivity contribution is -0.354. The molecule has 0 spiro atoms. The van der Waals surface area contributed by atoms with Gasteiger partial charge >= 0.3 is 11.9 Å². The van der Waals surface area contributed by atoms with Crippen LogP contribution < -0.4 is 0 Å². The van der Waals surface area contributed by atoms with Crippen LogP contribution >= 0.6 is 0 Å². The summed E-state index contributed by atoms with van der Waals surface area (Å²) in [5.74, 6) is -2.08. The third kappa shape index (κ3) is 8.52. The predicted octanol–water partition coefficient (Wildman–Crippen LogP) is -0.381. The molecule has 0 saturated carbocycles. The van der Waals surface area contributed by atoms with E-state index in [0.29, 0.717) is 19.3 Å². The number of hydrogen-bond acceptors (Lipinski definition) is 12. The third-order valence-electron chi connectivity index (χ3n) is 7.07. The topological polar surface area (TPSA) is 202 Å². The summed E-state index contributed by atoms with van der Waals surface area (Å²) in [4.78, 5) is 23.6. The largest absolute Gasteiger partial charge is 0.478 e. The first-order valence-electron chi connectivity index (χ1n) is 13.0. The molecule has 2 rings (SSSR count). The monoisotopic (exact) mass is 562 g/mol. The molecule has 2 saturated heterocycles. The van der Waals surface area contributed by atoms with Gasteiger partial charge in [0.1, 0.15) is 36.6 Å². The molecule has 2 heterocycles. The molecule has 13 heteroatoms. The highest BCUT2D eigenvalue weighted by Gasteiger charge is 2.50. The number of allylic oxidation sites excluding steroid dienone is 1. The number of carbonyl (C=O) groups excluding carboxylic acids is 1. The van der Waals surface area contributed by atoms with Crippen molar-refractivity contribution in [2.24, 2.45) is 5.92 Å². The molecular weight excluding hydrogens is 520 g/mol. The van der Waals surface area contributed by atoms with Crippen LogP contribution in [0, 0.1) is 5.92 Å². The highest BCUT2D eigenvalue weighted by atomic mass is 16.7. The Morgan fingerprint density at radius 3 is 2.36 bits per heavy atom. The molecule has 0 aromatic rings. The van der Waals surface area contributed by atoms with E-state index in [1.54, 1.807) is 20.8 Å². The SMILES string of the molecule is C=CC(C)(CC/C=C(\C)C(=O)O)OC1OCC(OC(=O)C(C)CC)C(OC2OC(CO)C(O)C(O)C2O)C1O. The maximum atomic E-state index is 12.5. The number of aliphatic hydroxyl groups is 5. The van der Waals surface area contributed by atoms with Crippen molar-refractivity contribution in [3.05, 3.63) is 24.3 Å². The average Bonchev–Trinajstić information content (AvgIpc) is 2.91. The third-order valence-corrected chi connectivity index (χ3v) is 7.07. The van der Waals surface area contributed by atoms with Gasteiger partial charge in [-0.05, 0) is 33.1 Å². The van der Waals surface area contributed by atoms with Crippen LogP contribution in [0.1, 0.15) is 47.0 Å². The summed E-state index contributed by atoms with van der Waals surface area (Å²) in [6, 6.07) is 0. The summed E-state index contributed by atoms with van der Waals surface area (Å²) in [6.45, 7) is 9.41. The summed E-state index contributed by atoms with van der Waals surface area (Å²) in [5.41, 5.74) is -0.913. The number of carbonyl (C=O) groups is 2. The van der Waals surface area contributed by atoms with Gasteiger partial charge in [-0.15, -0.1) is 6.58 Å². The lowest BCUT2D eigenvalue weighted by Crippen LogP contribution is -2.63. The van der Waals surface area contributed by atoms with Gasteiger partial charge in [-0.3, -0.25) is 4.79 Å². The van der Waals surface area contributed by atoms with Gasteiger partial charge in [0.2, 0.25) is 0 Å². The first kappa shape index (κ1) is 33.3. The highest BCUT2D eigenvalue weighted by molar-refractivity contribution is 5.85.